The average molecular weight is 1920 g/mol. The zero-order valence-corrected chi connectivity index (χ0v) is 59.3. The Morgan fingerprint density at radius 2 is 0.415 bits per heavy atom. The first-order chi connectivity index (χ1) is 51.9. The lowest BCUT2D eigenvalue weighted by molar-refractivity contribution is -0.439. The number of rotatable bonds is 40. The summed E-state index contributed by atoms with van der Waals surface area (Å²) in [6, 6.07) is 4.29. The number of thioether (sulfide) groups is 4. The molecule has 0 aromatic heterocycles. The molecule has 0 radical (unpaired) electrons. The number of halogens is 52. The van der Waals surface area contributed by atoms with Crippen LogP contribution in [-0.2, 0) is 23.0 Å². The van der Waals surface area contributed by atoms with Gasteiger partial charge >= 0.3 is 155 Å². The maximum atomic E-state index is 14.7. The Balaban J connectivity index is 2.12. The maximum absolute atomic E-state index is 14.7. The van der Waals surface area contributed by atoms with Crippen molar-refractivity contribution in [2.45, 2.75) is 206 Å². The van der Waals surface area contributed by atoms with Crippen LogP contribution in [0, 0.1) is 13.8 Å². The summed E-state index contributed by atoms with van der Waals surface area (Å²) >= 11 is -1.17. The summed E-state index contributed by atoms with van der Waals surface area (Å²) in [7, 11) is 0. The molecule has 0 saturated heterocycles. The van der Waals surface area contributed by atoms with E-state index in [1.165, 1.54) is 0 Å². The summed E-state index contributed by atoms with van der Waals surface area (Å²) in [6.07, 6.45) is -43.0. The fourth-order valence-corrected chi connectivity index (χ4v) is 12.8. The van der Waals surface area contributed by atoms with Gasteiger partial charge in [-0.15, -0.1) is 0 Å². The average Bonchev–Trinajstić information content (AvgIpc) is 0.726. The molecule has 0 unspecified atom stereocenters. The summed E-state index contributed by atoms with van der Waals surface area (Å²) in [4.78, 5) is 27.2. The van der Waals surface area contributed by atoms with Gasteiger partial charge in [0.05, 0.1) is 11.1 Å². The molecule has 0 spiro atoms. The lowest BCUT2D eigenvalue weighted by Crippen LogP contribution is -2.70. The molecule has 3 rings (SSSR count). The third-order valence-electron chi connectivity index (χ3n) is 15.9. The second kappa shape index (κ2) is 33.8. The van der Waals surface area contributed by atoms with E-state index in [0.29, 0.717) is 48.5 Å². The molecule has 0 saturated carbocycles. The zero-order chi connectivity index (χ0) is 93.3. The van der Waals surface area contributed by atoms with Crippen LogP contribution in [0.15, 0.2) is 48.5 Å². The lowest BCUT2D eigenvalue weighted by atomic mass is 9.93. The number of hydrogen-bond donors (Lipinski definition) is 0. The fourth-order valence-electron chi connectivity index (χ4n) is 8.96. The molecule has 0 amide bonds. The second-order valence-electron chi connectivity index (χ2n) is 24.4. The maximum Gasteiger partial charge on any atom is 0.460 e. The van der Waals surface area contributed by atoms with E-state index in [1.54, 1.807) is 0 Å². The summed E-state index contributed by atoms with van der Waals surface area (Å²) in [5, 5.41) is 0. The van der Waals surface area contributed by atoms with Gasteiger partial charge in [-0.05, 0) is 83.4 Å². The Kier molecular flexibility index (Phi) is 30.5. The van der Waals surface area contributed by atoms with Crippen molar-refractivity contribution in [2.75, 3.05) is 23.0 Å². The number of carbonyl (C=O) groups excluding carboxylic acids is 2. The largest absolute Gasteiger partial charge is 0.460 e. The van der Waals surface area contributed by atoms with Gasteiger partial charge in [-0.2, -0.15) is 275 Å². The highest BCUT2D eigenvalue weighted by atomic mass is 32.2. The molecule has 0 N–H and O–H groups in total. The van der Waals surface area contributed by atoms with Crippen LogP contribution in [-0.4, -0.2) is 178 Å². The number of ether oxygens (including phenoxy) is 2. The first kappa shape index (κ1) is 107. The molecule has 0 atom stereocenters. The monoisotopic (exact) mass is 1910 g/mol. The molecular formula is C58H38F52O4S4. The SMILES string of the molecule is Cc1cc(CSCCC(F)(F)C(F)(F)C(F)(F)C(F)(F)C(F)(F)C(F)(F)F)cc(CSCCC(F)(F)C(F)(F)C(F)(F)C(F)(F)C(F)(F)C(F)(F)F)c1OC(=O)c1ccc(C(=O)Oc2c(C)cc(CSCCC(F)(F)C(F)(F)C(F)(F)C(F)(F)C(F)(F)C(F)(F)F)cc2CSCCC(F)(F)C(F)(F)C(F)(F)C(F)(F)C(F)(F)C(F)(F)F)cc1. The highest BCUT2D eigenvalue weighted by Gasteiger charge is 2.95. The number of esters is 2. The van der Waals surface area contributed by atoms with E-state index in [9.17, 15) is 238 Å². The van der Waals surface area contributed by atoms with Gasteiger partial charge < -0.3 is 9.47 Å². The molecule has 3 aromatic carbocycles. The normalized spacial score (nSPS) is 15.3. The van der Waals surface area contributed by atoms with Crippen LogP contribution in [0.25, 0.3) is 0 Å². The number of aryl methyl sites for hydroxylation is 2. The van der Waals surface area contributed by atoms with Crippen LogP contribution in [0.1, 0.15) is 79.8 Å². The number of alkyl halides is 52. The third kappa shape index (κ3) is 18.9. The van der Waals surface area contributed by atoms with Gasteiger partial charge in [-0.25, -0.2) is 9.59 Å². The van der Waals surface area contributed by atoms with E-state index < -0.39 is 283 Å². The van der Waals surface area contributed by atoms with Crippen molar-refractivity contribution in [1.82, 2.24) is 0 Å². The summed E-state index contributed by atoms with van der Waals surface area (Å²) in [5.41, 5.74) is -5.86. The Morgan fingerprint density at radius 3 is 0.593 bits per heavy atom. The van der Waals surface area contributed by atoms with Crippen LogP contribution in [0.2, 0.25) is 0 Å². The molecule has 0 aliphatic carbocycles. The first-order valence-electron chi connectivity index (χ1n) is 29.8. The van der Waals surface area contributed by atoms with Crippen LogP contribution in [0.5, 0.6) is 11.5 Å². The number of benzene rings is 3. The van der Waals surface area contributed by atoms with E-state index in [1.807, 2.05) is 0 Å². The van der Waals surface area contributed by atoms with E-state index >= 15 is 0 Å². The van der Waals surface area contributed by atoms with Gasteiger partial charge in [0.2, 0.25) is 0 Å². The van der Waals surface area contributed by atoms with Gasteiger partial charge in [-0.1, -0.05) is 24.3 Å². The second-order valence-corrected chi connectivity index (χ2v) is 28.8. The molecular weight excluding hydrogens is 1880 g/mol. The smallest absolute Gasteiger partial charge is 0.422 e. The van der Waals surface area contributed by atoms with E-state index in [-0.39, 0.29) is 47.0 Å². The summed E-state index contributed by atoms with van der Waals surface area (Å²) in [5.74, 6) is -175. The predicted molar refractivity (Wildman–Crippen MR) is 305 cm³/mol. The number of carbonyl (C=O) groups is 2. The van der Waals surface area contributed by atoms with E-state index in [2.05, 4.69) is 0 Å². The van der Waals surface area contributed by atoms with Crippen LogP contribution >= 0.6 is 47.0 Å². The molecule has 0 heterocycles. The highest BCUT2D eigenvalue weighted by Crippen LogP contribution is 2.66. The summed E-state index contributed by atoms with van der Waals surface area (Å²) in [6.45, 7) is 1.53. The quantitative estimate of drug-likeness (QED) is 0.0242. The minimum absolute atomic E-state index is 0.235. The fraction of sp³-hybridized carbons (Fsp3) is 0.655. The van der Waals surface area contributed by atoms with Crippen LogP contribution < -0.4 is 9.47 Å². The van der Waals surface area contributed by atoms with Gasteiger partial charge in [0.15, 0.2) is 0 Å². The molecule has 60 heteroatoms. The van der Waals surface area contributed by atoms with Gasteiger partial charge in [-0.3, -0.25) is 0 Å². The van der Waals surface area contributed by atoms with Gasteiger partial charge in [0.1, 0.15) is 11.5 Å². The Bertz CT molecular complexity index is 3720. The molecule has 682 valence electrons. The van der Waals surface area contributed by atoms with Crippen molar-refractivity contribution >= 4 is 59.0 Å². The number of hydrogen-bond acceptors (Lipinski definition) is 8. The molecule has 4 nitrogen and oxygen atoms in total. The topological polar surface area (TPSA) is 52.6 Å². The van der Waals surface area contributed by atoms with Gasteiger partial charge in [0, 0.05) is 59.8 Å². The molecule has 3 aromatic rings. The van der Waals surface area contributed by atoms with E-state index in [4.69, 9.17) is 9.47 Å². The Hall–Kier alpha value is -5.64. The predicted octanol–water partition coefficient (Wildman–Crippen LogP) is 26.2. The van der Waals surface area contributed by atoms with Crippen molar-refractivity contribution < 1.29 is 247 Å². The van der Waals surface area contributed by atoms with Gasteiger partial charge in [0.25, 0.3) is 0 Å². The standard InChI is InChI=1S/C58H38F52O4S4/c1-23-15-25(19-115-11-7-35(59,60)39(67,68)43(75,76)47(83,84)51(91,92)55(99,100)101)17-29(21-117-13-9-37(63,64)41(71,72)45(79,80)49(87,88)53(95,96)57(105,106)107)31(23)113-33(111)27-3-5-28(6-4-27)34(112)114-32-24(2)16-26(20-116-12-8-36(61,62)40(69,70)44(77,78)48(85,86)52(93,94)56(102,103)104)18-30(32)22-118-14-10-38(65,66)42(73,74)46(81,82)50(89,90)54(97,98)58(108,109)110/h3-6,15-18H,7-14,19-22H2,1-2H3. The van der Waals surface area contributed by atoms with Crippen molar-refractivity contribution in [1.29, 1.82) is 0 Å². The third-order valence-corrected chi connectivity index (χ3v) is 19.9. The van der Waals surface area contributed by atoms with Crippen molar-refractivity contribution in [3.05, 3.63) is 93.0 Å². The first-order valence-corrected chi connectivity index (χ1v) is 34.4. The Morgan fingerprint density at radius 1 is 0.246 bits per heavy atom. The molecule has 0 aliphatic heterocycles. The van der Waals surface area contributed by atoms with Crippen molar-refractivity contribution in [3.63, 3.8) is 0 Å². The van der Waals surface area contributed by atoms with Crippen LogP contribution in [0.4, 0.5) is 228 Å². The highest BCUT2D eigenvalue weighted by molar-refractivity contribution is 7.99. The summed E-state index contributed by atoms with van der Waals surface area (Å²) < 4.78 is 725. The van der Waals surface area contributed by atoms with Crippen molar-refractivity contribution in [2.24, 2.45) is 0 Å². The molecule has 0 bridgehead atoms. The molecule has 118 heavy (non-hydrogen) atoms. The molecule has 0 fully saturated rings. The molecule has 0 aliphatic rings. The van der Waals surface area contributed by atoms with Crippen LogP contribution in [0.3, 0.4) is 0 Å². The Labute approximate surface area is 638 Å². The minimum atomic E-state index is -8.40. The lowest BCUT2D eigenvalue weighted by Gasteiger charge is -2.39. The zero-order valence-electron chi connectivity index (χ0n) is 56.0. The van der Waals surface area contributed by atoms with Crippen molar-refractivity contribution in [3.8, 4) is 11.5 Å². The minimum Gasteiger partial charge on any atom is -0.422 e. The van der Waals surface area contributed by atoms with E-state index in [0.717, 1.165) is 13.8 Å².